The van der Waals surface area contributed by atoms with Gasteiger partial charge < -0.3 is 4.74 Å². The van der Waals surface area contributed by atoms with Crippen LogP contribution in [0.5, 0.6) is 0 Å². The highest BCUT2D eigenvalue weighted by Gasteiger charge is 2.22. The summed E-state index contributed by atoms with van der Waals surface area (Å²) in [7, 11) is -2.46. The van der Waals surface area contributed by atoms with Gasteiger partial charge in [-0.15, -0.1) is 0 Å². The summed E-state index contributed by atoms with van der Waals surface area (Å²) in [5.74, 6) is -0.505. The molecule has 0 aliphatic rings. The van der Waals surface area contributed by atoms with Gasteiger partial charge in [0.2, 0.25) is 9.84 Å². The summed E-state index contributed by atoms with van der Waals surface area (Å²) in [6.45, 7) is 1.86. The van der Waals surface area contributed by atoms with Gasteiger partial charge in [0.15, 0.2) is 0 Å². The molecule has 0 unspecified atom stereocenters. The molecule has 0 saturated heterocycles. The zero-order valence-electron chi connectivity index (χ0n) is 14.5. The van der Waals surface area contributed by atoms with E-state index in [2.05, 4.69) is 4.74 Å². The first kappa shape index (κ1) is 17.9. The van der Waals surface area contributed by atoms with E-state index in [1.165, 1.54) is 31.4 Å². The molecule has 3 aromatic carbocycles. The molecule has 0 radical (unpaired) electrons. The van der Waals surface area contributed by atoms with Crippen molar-refractivity contribution >= 4 is 15.8 Å². The van der Waals surface area contributed by atoms with Crippen molar-refractivity contribution in [2.75, 3.05) is 7.11 Å². The number of rotatable bonds is 4. The molecule has 0 aliphatic carbocycles. The van der Waals surface area contributed by atoms with E-state index in [9.17, 15) is 13.2 Å². The van der Waals surface area contributed by atoms with Crippen LogP contribution < -0.4 is 0 Å². The minimum Gasteiger partial charge on any atom is -0.465 e. The quantitative estimate of drug-likeness (QED) is 0.647. The summed E-state index contributed by atoms with van der Waals surface area (Å²) in [5.41, 5.74) is 2.64. The van der Waals surface area contributed by atoms with Crippen molar-refractivity contribution in [2.45, 2.75) is 16.7 Å². The molecule has 0 bridgehead atoms. The summed E-state index contributed by atoms with van der Waals surface area (Å²) in [6, 6.07) is 20.5. The Morgan fingerprint density at radius 3 is 2.15 bits per heavy atom. The van der Waals surface area contributed by atoms with Crippen LogP contribution >= 0.6 is 0 Å². The molecule has 0 heterocycles. The van der Waals surface area contributed by atoms with Gasteiger partial charge in [0, 0.05) is 5.56 Å². The van der Waals surface area contributed by atoms with Gasteiger partial charge in [0.1, 0.15) is 0 Å². The molecule has 3 rings (SSSR count). The smallest absolute Gasteiger partial charge is 0.337 e. The molecule has 4 nitrogen and oxygen atoms in total. The Kier molecular flexibility index (Phi) is 4.91. The van der Waals surface area contributed by atoms with E-state index in [1.807, 2.05) is 49.4 Å². The molecular formula is C21H18O4S. The number of sulfone groups is 1. The number of hydrogen-bond acceptors (Lipinski definition) is 4. The van der Waals surface area contributed by atoms with Gasteiger partial charge in [-0.25, -0.2) is 13.2 Å². The minimum atomic E-state index is -3.74. The number of ether oxygens (including phenoxy) is 1. The van der Waals surface area contributed by atoms with Crippen molar-refractivity contribution in [1.29, 1.82) is 0 Å². The highest BCUT2D eigenvalue weighted by atomic mass is 32.2. The molecule has 0 saturated carbocycles. The van der Waals surface area contributed by atoms with Crippen LogP contribution in [0.2, 0.25) is 0 Å². The summed E-state index contributed by atoms with van der Waals surface area (Å²) in [5, 5.41) is 0. The van der Waals surface area contributed by atoms with Crippen LogP contribution in [-0.4, -0.2) is 21.5 Å². The number of hydrogen-bond donors (Lipinski definition) is 0. The monoisotopic (exact) mass is 366 g/mol. The average molecular weight is 366 g/mol. The minimum absolute atomic E-state index is 0.132. The fraction of sp³-hybridized carbons (Fsp3) is 0.0952. The van der Waals surface area contributed by atoms with E-state index in [1.54, 1.807) is 6.07 Å². The Hall–Kier alpha value is -2.92. The van der Waals surface area contributed by atoms with Crippen molar-refractivity contribution in [3.63, 3.8) is 0 Å². The van der Waals surface area contributed by atoms with Crippen molar-refractivity contribution in [3.05, 3.63) is 83.9 Å². The third-order valence-electron chi connectivity index (χ3n) is 4.10. The van der Waals surface area contributed by atoms with Crippen molar-refractivity contribution in [1.82, 2.24) is 0 Å². The number of benzene rings is 3. The number of aryl methyl sites for hydroxylation is 1. The van der Waals surface area contributed by atoms with Crippen LogP contribution in [0.4, 0.5) is 0 Å². The highest BCUT2D eigenvalue weighted by Crippen LogP contribution is 2.32. The second-order valence-electron chi connectivity index (χ2n) is 5.89. The first-order valence-corrected chi connectivity index (χ1v) is 9.51. The topological polar surface area (TPSA) is 60.4 Å². The maximum atomic E-state index is 13.2. The molecule has 0 amide bonds. The predicted molar refractivity (Wildman–Crippen MR) is 99.8 cm³/mol. The molecule has 0 spiro atoms. The molecule has 0 fully saturated rings. The van der Waals surface area contributed by atoms with Crippen molar-refractivity contribution < 1.29 is 17.9 Å². The van der Waals surface area contributed by atoms with E-state index in [4.69, 9.17) is 0 Å². The molecule has 0 aliphatic heterocycles. The van der Waals surface area contributed by atoms with E-state index in [0.717, 1.165) is 11.1 Å². The fourth-order valence-corrected chi connectivity index (χ4v) is 4.29. The molecule has 0 N–H and O–H groups in total. The van der Waals surface area contributed by atoms with E-state index in [-0.39, 0.29) is 9.79 Å². The Morgan fingerprint density at radius 2 is 1.54 bits per heavy atom. The van der Waals surface area contributed by atoms with Crippen LogP contribution in [0.3, 0.4) is 0 Å². The Bertz CT molecular complexity index is 1040. The maximum Gasteiger partial charge on any atom is 0.337 e. The van der Waals surface area contributed by atoms with Gasteiger partial charge in [-0.1, -0.05) is 42.5 Å². The number of methoxy groups -OCH3 is 1. The number of esters is 1. The normalized spacial score (nSPS) is 11.2. The predicted octanol–water partition coefficient (Wildman–Crippen LogP) is 4.28. The Morgan fingerprint density at radius 1 is 0.885 bits per heavy atom. The van der Waals surface area contributed by atoms with E-state index < -0.39 is 15.8 Å². The Labute approximate surface area is 153 Å². The van der Waals surface area contributed by atoms with Crippen LogP contribution in [0.25, 0.3) is 11.1 Å². The van der Waals surface area contributed by atoms with Crippen LogP contribution in [0, 0.1) is 6.92 Å². The number of carbonyl (C=O) groups is 1. The highest BCUT2D eigenvalue weighted by molar-refractivity contribution is 7.91. The standard InChI is InChI=1S/C21H18O4S/c1-15-8-13-19(16-6-4-3-5-7-16)20(14-15)26(23,24)18-11-9-17(10-12-18)21(22)25-2/h3-14H,1-2H3. The van der Waals surface area contributed by atoms with Crippen LogP contribution in [0.15, 0.2) is 82.6 Å². The Balaban J connectivity index is 2.13. The lowest BCUT2D eigenvalue weighted by molar-refractivity contribution is 0.0600. The molecule has 5 heteroatoms. The van der Waals surface area contributed by atoms with E-state index >= 15 is 0 Å². The zero-order chi connectivity index (χ0) is 18.7. The lowest BCUT2D eigenvalue weighted by Gasteiger charge is -2.12. The molecule has 26 heavy (non-hydrogen) atoms. The number of carbonyl (C=O) groups excluding carboxylic acids is 1. The molecular weight excluding hydrogens is 348 g/mol. The first-order chi connectivity index (χ1) is 12.4. The average Bonchev–Trinajstić information content (AvgIpc) is 2.68. The van der Waals surface area contributed by atoms with E-state index in [0.29, 0.717) is 11.1 Å². The summed E-state index contributed by atoms with van der Waals surface area (Å²) < 4.78 is 31.1. The SMILES string of the molecule is COC(=O)c1ccc(S(=O)(=O)c2cc(C)ccc2-c2ccccc2)cc1. The molecule has 132 valence electrons. The second-order valence-corrected chi connectivity index (χ2v) is 7.80. The third-order valence-corrected chi connectivity index (χ3v) is 5.91. The first-order valence-electron chi connectivity index (χ1n) is 8.03. The van der Waals surface area contributed by atoms with Crippen LogP contribution in [-0.2, 0) is 14.6 Å². The molecule has 0 aromatic heterocycles. The summed E-state index contributed by atoms with van der Waals surface area (Å²) >= 11 is 0. The van der Waals surface area contributed by atoms with Crippen molar-refractivity contribution in [3.8, 4) is 11.1 Å². The second kappa shape index (κ2) is 7.14. The third kappa shape index (κ3) is 3.39. The molecule has 3 aromatic rings. The van der Waals surface area contributed by atoms with Gasteiger partial charge in [-0.2, -0.15) is 0 Å². The largest absolute Gasteiger partial charge is 0.465 e. The lowest BCUT2D eigenvalue weighted by Crippen LogP contribution is -2.06. The van der Waals surface area contributed by atoms with Gasteiger partial charge in [0.25, 0.3) is 0 Å². The van der Waals surface area contributed by atoms with Gasteiger partial charge >= 0.3 is 5.97 Å². The lowest BCUT2D eigenvalue weighted by atomic mass is 10.0. The zero-order valence-corrected chi connectivity index (χ0v) is 15.3. The summed E-state index contributed by atoms with van der Waals surface area (Å²) in [6.07, 6.45) is 0. The molecule has 0 atom stereocenters. The summed E-state index contributed by atoms with van der Waals surface area (Å²) in [4.78, 5) is 11.9. The van der Waals surface area contributed by atoms with Gasteiger partial charge in [0.05, 0.1) is 22.5 Å². The van der Waals surface area contributed by atoms with Crippen molar-refractivity contribution in [2.24, 2.45) is 0 Å². The van der Waals surface area contributed by atoms with Gasteiger partial charge in [-0.05, 0) is 48.4 Å². The van der Waals surface area contributed by atoms with Crippen LogP contribution in [0.1, 0.15) is 15.9 Å². The maximum absolute atomic E-state index is 13.2. The van der Waals surface area contributed by atoms with Gasteiger partial charge in [-0.3, -0.25) is 0 Å². The fourth-order valence-electron chi connectivity index (χ4n) is 2.72.